The molecule has 0 aliphatic heterocycles. The predicted molar refractivity (Wildman–Crippen MR) is 130 cm³/mol. The fourth-order valence-corrected chi connectivity index (χ4v) is 3.26. The van der Waals surface area contributed by atoms with Crippen LogP contribution in [0.2, 0.25) is 0 Å². The van der Waals surface area contributed by atoms with Crippen LogP contribution in [-0.4, -0.2) is 38.1 Å². The van der Waals surface area contributed by atoms with Gasteiger partial charge in [0.05, 0.1) is 26.7 Å². The van der Waals surface area contributed by atoms with Crippen molar-refractivity contribution in [2.24, 2.45) is 5.16 Å². The lowest BCUT2D eigenvalue weighted by atomic mass is 10.0. The highest BCUT2D eigenvalue weighted by molar-refractivity contribution is 6.15. The lowest BCUT2D eigenvalue weighted by Crippen LogP contribution is -2.06. The van der Waals surface area contributed by atoms with Gasteiger partial charge in [0.1, 0.15) is 18.8 Å². The maximum Gasteiger partial charge on any atom is 0.339 e. The number of benzene rings is 3. The fraction of sp³-hybridized carbons (Fsp3) is 0.185. The zero-order valence-corrected chi connectivity index (χ0v) is 19.1. The number of ether oxygens (including phenoxy) is 3. The molecule has 34 heavy (non-hydrogen) atoms. The molecule has 7 heteroatoms. The minimum atomic E-state index is -1.09. The highest BCUT2D eigenvalue weighted by Crippen LogP contribution is 2.29. The van der Waals surface area contributed by atoms with Crippen LogP contribution in [0.25, 0.3) is 5.57 Å². The first-order valence-electron chi connectivity index (χ1n) is 10.7. The molecule has 0 aromatic heterocycles. The van der Waals surface area contributed by atoms with Gasteiger partial charge >= 0.3 is 5.97 Å². The van der Waals surface area contributed by atoms with Crippen molar-refractivity contribution >= 4 is 17.8 Å². The van der Waals surface area contributed by atoms with E-state index in [2.05, 4.69) is 5.16 Å². The topological polar surface area (TPSA) is 86.6 Å². The monoisotopic (exact) mass is 461 g/mol. The van der Waals surface area contributed by atoms with Crippen LogP contribution >= 0.6 is 0 Å². The van der Waals surface area contributed by atoms with Crippen molar-refractivity contribution in [2.45, 2.75) is 13.0 Å². The molecular weight excluding hydrogens is 434 g/mol. The predicted octanol–water partition coefficient (Wildman–Crippen LogP) is 4.94. The minimum absolute atomic E-state index is 0.0437. The summed E-state index contributed by atoms with van der Waals surface area (Å²) in [4.78, 5) is 17.0. The number of hydrogen-bond donors (Lipinski definition) is 1. The molecule has 3 aromatic carbocycles. The van der Waals surface area contributed by atoms with Crippen LogP contribution in [0, 0.1) is 0 Å². The van der Waals surface area contributed by atoms with Crippen LogP contribution < -0.4 is 9.47 Å². The van der Waals surface area contributed by atoms with E-state index < -0.39 is 5.97 Å². The van der Waals surface area contributed by atoms with Gasteiger partial charge in [0.25, 0.3) is 0 Å². The summed E-state index contributed by atoms with van der Waals surface area (Å²) >= 11 is 0. The van der Waals surface area contributed by atoms with Gasteiger partial charge in [-0.3, -0.25) is 0 Å². The molecule has 0 saturated heterocycles. The van der Waals surface area contributed by atoms with E-state index in [9.17, 15) is 9.90 Å². The average Bonchev–Trinajstić information content (AvgIpc) is 2.86. The summed E-state index contributed by atoms with van der Waals surface area (Å²) in [6, 6.07) is 22.6. The number of carboxylic acids is 1. The summed E-state index contributed by atoms with van der Waals surface area (Å²) in [6.45, 7) is 0.604. The van der Waals surface area contributed by atoms with Gasteiger partial charge in [-0.1, -0.05) is 59.8 Å². The Bertz CT molecular complexity index is 1140. The second kappa shape index (κ2) is 12.7. The fourth-order valence-electron chi connectivity index (χ4n) is 3.26. The SMILES string of the molecule is COC=C(C(=O)O)c1ccccc1COc1cc(C=NOCCc2ccccc2)ccc1OC. The highest BCUT2D eigenvalue weighted by Gasteiger charge is 2.16. The van der Waals surface area contributed by atoms with E-state index in [1.807, 2.05) is 42.5 Å². The molecule has 3 rings (SSSR count). The Kier molecular flexibility index (Phi) is 9.10. The molecule has 3 aromatic rings. The van der Waals surface area contributed by atoms with Crippen LogP contribution in [0.15, 0.2) is 84.2 Å². The first-order chi connectivity index (χ1) is 16.6. The lowest BCUT2D eigenvalue weighted by Gasteiger charge is -2.14. The summed E-state index contributed by atoms with van der Waals surface area (Å²) in [6.07, 6.45) is 3.58. The molecule has 176 valence electrons. The maximum absolute atomic E-state index is 11.7. The summed E-state index contributed by atoms with van der Waals surface area (Å²) in [5, 5.41) is 13.6. The van der Waals surface area contributed by atoms with Crippen LogP contribution in [0.4, 0.5) is 0 Å². The molecular formula is C27H27NO6. The third-order valence-corrected chi connectivity index (χ3v) is 4.95. The summed E-state index contributed by atoms with van der Waals surface area (Å²) in [7, 11) is 2.96. The zero-order chi connectivity index (χ0) is 24.2. The molecule has 0 unspecified atom stereocenters. The van der Waals surface area contributed by atoms with Crippen molar-refractivity contribution in [1.82, 2.24) is 0 Å². The van der Waals surface area contributed by atoms with E-state index in [4.69, 9.17) is 19.0 Å². The van der Waals surface area contributed by atoms with Gasteiger partial charge in [0.2, 0.25) is 0 Å². The van der Waals surface area contributed by atoms with Gasteiger partial charge < -0.3 is 24.2 Å². The lowest BCUT2D eigenvalue weighted by molar-refractivity contribution is -0.130. The number of hydrogen-bond acceptors (Lipinski definition) is 6. The molecule has 0 heterocycles. The van der Waals surface area contributed by atoms with E-state index >= 15 is 0 Å². The van der Waals surface area contributed by atoms with Gasteiger partial charge in [-0.05, 0) is 34.9 Å². The van der Waals surface area contributed by atoms with Crippen LogP contribution in [0.1, 0.15) is 22.3 Å². The second-order valence-electron chi connectivity index (χ2n) is 7.23. The first-order valence-corrected chi connectivity index (χ1v) is 10.7. The number of rotatable bonds is 12. The first kappa shape index (κ1) is 24.4. The third kappa shape index (κ3) is 6.87. The average molecular weight is 462 g/mol. The van der Waals surface area contributed by atoms with Gasteiger partial charge in [0.15, 0.2) is 11.5 Å². The van der Waals surface area contributed by atoms with E-state index in [0.29, 0.717) is 29.2 Å². The Balaban J connectivity index is 1.68. The number of methoxy groups -OCH3 is 2. The van der Waals surface area contributed by atoms with Crippen molar-refractivity contribution in [1.29, 1.82) is 0 Å². The highest BCUT2D eigenvalue weighted by atomic mass is 16.6. The van der Waals surface area contributed by atoms with Crippen molar-refractivity contribution in [3.63, 3.8) is 0 Å². The molecule has 0 aliphatic carbocycles. The number of carboxylic acid groups (broad SMARTS) is 1. The Hall–Kier alpha value is -4.26. The summed E-state index contributed by atoms with van der Waals surface area (Å²) in [5.74, 6) is -0.0407. The third-order valence-electron chi connectivity index (χ3n) is 4.95. The van der Waals surface area contributed by atoms with E-state index in [-0.39, 0.29) is 12.2 Å². The Morgan fingerprint density at radius 2 is 1.74 bits per heavy atom. The Labute approximate surface area is 198 Å². The van der Waals surface area contributed by atoms with Gasteiger partial charge in [0, 0.05) is 12.0 Å². The molecule has 0 spiro atoms. The molecule has 7 nitrogen and oxygen atoms in total. The van der Waals surface area contributed by atoms with Crippen molar-refractivity contribution in [3.8, 4) is 11.5 Å². The van der Waals surface area contributed by atoms with Crippen LogP contribution in [-0.2, 0) is 27.4 Å². The molecule has 0 aliphatic rings. The summed E-state index contributed by atoms with van der Waals surface area (Å²) in [5.41, 5.74) is 3.21. The van der Waals surface area contributed by atoms with E-state index in [1.165, 1.54) is 18.9 Å². The molecule has 0 bridgehead atoms. The molecule has 0 amide bonds. The quantitative estimate of drug-likeness (QED) is 0.135. The normalized spacial score (nSPS) is 11.3. The molecule has 0 fully saturated rings. The van der Waals surface area contributed by atoms with Crippen molar-refractivity contribution in [2.75, 3.05) is 20.8 Å². The van der Waals surface area contributed by atoms with E-state index in [0.717, 1.165) is 12.0 Å². The number of nitrogens with zero attached hydrogens (tertiary/aromatic N) is 1. The molecule has 0 radical (unpaired) electrons. The zero-order valence-electron chi connectivity index (χ0n) is 19.1. The maximum atomic E-state index is 11.7. The van der Waals surface area contributed by atoms with Gasteiger partial charge in [-0.15, -0.1) is 0 Å². The van der Waals surface area contributed by atoms with Crippen LogP contribution in [0.5, 0.6) is 11.5 Å². The van der Waals surface area contributed by atoms with Crippen molar-refractivity contribution in [3.05, 3.63) is 101 Å². The molecule has 0 atom stereocenters. The smallest absolute Gasteiger partial charge is 0.339 e. The summed E-state index contributed by atoms with van der Waals surface area (Å²) < 4.78 is 16.3. The van der Waals surface area contributed by atoms with E-state index in [1.54, 1.807) is 43.7 Å². The number of aliphatic carboxylic acids is 1. The van der Waals surface area contributed by atoms with Gasteiger partial charge in [-0.25, -0.2) is 4.79 Å². The molecule has 1 N–H and O–H groups in total. The number of carbonyl (C=O) groups is 1. The largest absolute Gasteiger partial charge is 0.503 e. The van der Waals surface area contributed by atoms with Gasteiger partial charge in [-0.2, -0.15) is 0 Å². The standard InChI is InChI=1S/C27H27NO6/c1-31-19-24(27(29)30)23-11-7-6-10-22(23)18-33-26-16-21(12-13-25(26)32-2)17-28-34-15-14-20-8-4-3-5-9-20/h3-13,16-17,19H,14-15,18H2,1-2H3,(H,29,30). The number of oxime groups is 1. The Morgan fingerprint density at radius 1 is 0.971 bits per heavy atom. The van der Waals surface area contributed by atoms with Crippen molar-refractivity contribution < 1.29 is 28.9 Å². The Morgan fingerprint density at radius 3 is 2.47 bits per heavy atom. The van der Waals surface area contributed by atoms with Crippen LogP contribution in [0.3, 0.4) is 0 Å². The second-order valence-corrected chi connectivity index (χ2v) is 7.23. The molecule has 0 saturated carbocycles. The minimum Gasteiger partial charge on any atom is -0.503 e.